The lowest BCUT2D eigenvalue weighted by Crippen LogP contribution is -2.46. The third-order valence-electron chi connectivity index (χ3n) is 4.47. The molecule has 0 spiro atoms. The molecule has 1 aromatic carbocycles. The molecule has 2 atom stereocenters. The number of aliphatic hydroxyl groups excluding tert-OH is 1. The minimum absolute atomic E-state index is 0.0201. The lowest BCUT2D eigenvalue weighted by Gasteiger charge is -2.37. The van der Waals surface area contributed by atoms with Gasteiger partial charge >= 0.3 is 0 Å². The van der Waals surface area contributed by atoms with Gasteiger partial charge in [-0.05, 0) is 49.9 Å². The first-order chi connectivity index (χ1) is 11.7. The quantitative estimate of drug-likeness (QED) is 0.904. The van der Waals surface area contributed by atoms with Gasteiger partial charge in [0.25, 0.3) is 5.91 Å². The van der Waals surface area contributed by atoms with Crippen LogP contribution in [0.15, 0.2) is 35.2 Å². The van der Waals surface area contributed by atoms with Crippen molar-refractivity contribution in [3.05, 3.63) is 46.4 Å². The maximum absolute atomic E-state index is 12.7. The largest absolute Gasteiger partial charge is 0.487 e. The summed E-state index contributed by atoms with van der Waals surface area (Å²) in [6.07, 6.45) is 1.91. The Kier molecular flexibility index (Phi) is 5.48. The van der Waals surface area contributed by atoms with Gasteiger partial charge in [0, 0.05) is 30.1 Å². The maximum atomic E-state index is 12.7. The highest BCUT2D eigenvalue weighted by Crippen LogP contribution is 2.24. The van der Waals surface area contributed by atoms with Gasteiger partial charge in [-0.25, -0.2) is 4.98 Å². The fourth-order valence-corrected chi connectivity index (χ4v) is 3.48. The maximum Gasteiger partial charge on any atom is 0.254 e. The van der Waals surface area contributed by atoms with Crippen LogP contribution >= 0.6 is 11.3 Å². The van der Waals surface area contributed by atoms with E-state index in [1.54, 1.807) is 17.6 Å². The molecule has 6 heteroatoms. The number of aromatic nitrogens is 1. The van der Waals surface area contributed by atoms with Gasteiger partial charge in [0.05, 0.1) is 11.2 Å². The van der Waals surface area contributed by atoms with Crippen LogP contribution in [0.2, 0.25) is 0 Å². The molecule has 0 saturated carbocycles. The van der Waals surface area contributed by atoms with Crippen LogP contribution in [-0.2, 0) is 6.61 Å². The molecule has 1 amide bonds. The predicted molar refractivity (Wildman–Crippen MR) is 93.2 cm³/mol. The number of piperidine rings is 1. The summed E-state index contributed by atoms with van der Waals surface area (Å²) in [6.45, 7) is 3.26. The topological polar surface area (TPSA) is 62.7 Å². The number of hydrogen-bond donors (Lipinski definition) is 1. The molecule has 0 radical (unpaired) electrons. The summed E-state index contributed by atoms with van der Waals surface area (Å²) >= 11 is 1.54. The molecule has 1 fully saturated rings. The number of ether oxygens (including phenoxy) is 1. The molecule has 5 nitrogen and oxygen atoms in total. The lowest BCUT2D eigenvalue weighted by molar-refractivity contribution is 0.0489. The van der Waals surface area contributed by atoms with Gasteiger partial charge < -0.3 is 14.7 Å². The molecule has 0 bridgehead atoms. The number of aliphatic hydroxyl groups is 1. The van der Waals surface area contributed by atoms with Crippen molar-refractivity contribution in [1.29, 1.82) is 0 Å². The molecule has 128 valence electrons. The number of hydrogen-bond acceptors (Lipinski definition) is 5. The van der Waals surface area contributed by atoms with E-state index in [2.05, 4.69) is 11.9 Å². The van der Waals surface area contributed by atoms with Crippen LogP contribution < -0.4 is 4.74 Å². The fraction of sp³-hybridized carbons (Fsp3) is 0.444. The van der Waals surface area contributed by atoms with Crippen LogP contribution in [0.25, 0.3) is 0 Å². The zero-order valence-electron chi connectivity index (χ0n) is 13.7. The van der Waals surface area contributed by atoms with Crippen LogP contribution in [0.5, 0.6) is 5.75 Å². The second kappa shape index (κ2) is 7.77. The van der Waals surface area contributed by atoms with Crippen molar-refractivity contribution in [2.75, 3.05) is 13.2 Å². The van der Waals surface area contributed by atoms with Gasteiger partial charge in [0.1, 0.15) is 12.4 Å². The van der Waals surface area contributed by atoms with Crippen molar-refractivity contribution in [1.82, 2.24) is 9.88 Å². The van der Waals surface area contributed by atoms with Gasteiger partial charge in [-0.1, -0.05) is 0 Å². The molecule has 3 rings (SSSR count). The van der Waals surface area contributed by atoms with Crippen molar-refractivity contribution < 1.29 is 14.6 Å². The Morgan fingerprint density at radius 3 is 2.83 bits per heavy atom. The Labute approximate surface area is 145 Å². The summed E-state index contributed by atoms with van der Waals surface area (Å²) in [5.41, 5.74) is 3.33. The van der Waals surface area contributed by atoms with E-state index in [-0.39, 0.29) is 24.5 Å². The summed E-state index contributed by atoms with van der Waals surface area (Å²) < 4.78 is 5.67. The smallest absolute Gasteiger partial charge is 0.254 e. The van der Waals surface area contributed by atoms with E-state index in [4.69, 9.17) is 4.74 Å². The van der Waals surface area contributed by atoms with Crippen LogP contribution in [0, 0.1) is 5.92 Å². The minimum atomic E-state index is 0.0201. The third-order valence-corrected chi connectivity index (χ3v) is 5.11. The van der Waals surface area contributed by atoms with Crippen LogP contribution in [0.1, 0.15) is 35.8 Å². The normalized spacial score (nSPS) is 20.8. The van der Waals surface area contributed by atoms with Crippen LogP contribution in [-0.4, -0.2) is 40.1 Å². The summed E-state index contributed by atoms with van der Waals surface area (Å²) in [7, 11) is 0. The molecule has 1 saturated heterocycles. The second-order valence-electron chi connectivity index (χ2n) is 6.23. The number of thiazole rings is 1. The van der Waals surface area contributed by atoms with Crippen molar-refractivity contribution in [2.24, 2.45) is 5.92 Å². The van der Waals surface area contributed by atoms with Crippen molar-refractivity contribution in [2.45, 2.75) is 32.4 Å². The first-order valence-corrected chi connectivity index (χ1v) is 9.13. The van der Waals surface area contributed by atoms with E-state index < -0.39 is 0 Å². The third kappa shape index (κ3) is 3.94. The van der Waals surface area contributed by atoms with E-state index in [1.165, 1.54) is 11.3 Å². The average molecular weight is 346 g/mol. The van der Waals surface area contributed by atoms with Gasteiger partial charge in [0.15, 0.2) is 0 Å². The zero-order valence-corrected chi connectivity index (χ0v) is 14.5. The van der Waals surface area contributed by atoms with Gasteiger partial charge in [-0.15, -0.1) is 11.3 Å². The number of rotatable bonds is 5. The van der Waals surface area contributed by atoms with Crippen molar-refractivity contribution in [3.8, 4) is 5.75 Å². The van der Waals surface area contributed by atoms with Crippen molar-refractivity contribution >= 4 is 17.2 Å². The Balaban J connectivity index is 1.62. The first-order valence-electron chi connectivity index (χ1n) is 8.19. The Morgan fingerprint density at radius 2 is 2.17 bits per heavy atom. The highest BCUT2D eigenvalue weighted by Gasteiger charge is 2.29. The average Bonchev–Trinajstić information content (AvgIpc) is 3.14. The van der Waals surface area contributed by atoms with Gasteiger partial charge in [0.2, 0.25) is 0 Å². The second-order valence-corrected chi connectivity index (χ2v) is 6.94. The van der Waals surface area contributed by atoms with Crippen molar-refractivity contribution in [3.63, 3.8) is 0 Å². The van der Waals surface area contributed by atoms with E-state index >= 15 is 0 Å². The highest BCUT2D eigenvalue weighted by atomic mass is 32.1. The van der Waals surface area contributed by atoms with E-state index in [0.29, 0.717) is 18.7 Å². The number of carbonyl (C=O) groups is 1. The molecule has 2 heterocycles. The fourth-order valence-electron chi connectivity index (χ4n) is 2.94. The summed E-state index contributed by atoms with van der Waals surface area (Å²) in [5, 5.41) is 11.3. The molecule has 0 aliphatic carbocycles. The molecule has 2 unspecified atom stereocenters. The number of likely N-dealkylation sites (tertiary alicyclic amines) is 1. The molecule has 1 aliphatic heterocycles. The summed E-state index contributed by atoms with van der Waals surface area (Å²) in [4.78, 5) is 18.8. The van der Waals surface area contributed by atoms with Crippen LogP contribution in [0.3, 0.4) is 0 Å². The van der Waals surface area contributed by atoms with E-state index in [9.17, 15) is 9.90 Å². The predicted octanol–water partition coefficient (Wildman–Crippen LogP) is 2.96. The number of nitrogens with zero attached hydrogens (tertiary/aromatic N) is 2. The SMILES string of the molecule is CC1CCC(CO)CN1C(=O)c1ccc(OCc2cscn2)cc1. The number of amides is 1. The van der Waals surface area contributed by atoms with E-state index in [0.717, 1.165) is 24.3 Å². The molecule has 1 aromatic heterocycles. The number of carbonyl (C=O) groups excluding carboxylic acids is 1. The standard InChI is InChI=1S/C18H22N2O3S/c1-13-2-3-14(9-21)8-20(13)18(22)15-4-6-17(7-5-15)23-10-16-11-24-12-19-16/h4-7,11-14,21H,2-3,8-10H2,1H3. The Bertz CT molecular complexity index is 657. The molecule has 2 aromatic rings. The molecular formula is C18H22N2O3S. The van der Waals surface area contributed by atoms with Crippen LogP contribution in [0.4, 0.5) is 0 Å². The highest BCUT2D eigenvalue weighted by molar-refractivity contribution is 7.07. The Morgan fingerprint density at radius 1 is 1.38 bits per heavy atom. The zero-order chi connectivity index (χ0) is 16.9. The summed E-state index contributed by atoms with van der Waals surface area (Å²) in [5.74, 6) is 0.928. The monoisotopic (exact) mass is 346 g/mol. The molecule has 1 N–H and O–H groups in total. The Hall–Kier alpha value is -1.92. The summed E-state index contributed by atoms with van der Waals surface area (Å²) in [6, 6.07) is 7.44. The molecular weight excluding hydrogens is 324 g/mol. The lowest BCUT2D eigenvalue weighted by atomic mass is 9.93. The van der Waals surface area contributed by atoms with Gasteiger partial charge in [-0.2, -0.15) is 0 Å². The first kappa shape index (κ1) is 16.9. The molecule has 24 heavy (non-hydrogen) atoms. The number of benzene rings is 1. The van der Waals surface area contributed by atoms with E-state index in [1.807, 2.05) is 22.4 Å². The minimum Gasteiger partial charge on any atom is -0.487 e. The molecule has 1 aliphatic rings. The van der Waals surface area contributed by atoms with Gasteiger partial charge in [-0.3, -0.25) is 4.79 Å².